The Morgan fingerprint density at radius 2 is 2.00 bits per heavy atom. The number of carbonyl (C=O) groups is 1. The van der Waals surface area contributed by atoms with Crippen molar-refractivity contribution in [3.8, 4) is 5.69 Å². The monoisotopic (exact) mass is 362 g/mol. The predicted octanol–water partition coefficient (Wildman–Crippen LogP) is 2.46. The average Bonchev–Trinajstić information content (AvgIpc) is 3.05. The molecule has 1 amide bonds. The van der Waals surface area contributed by atoms with Crippen molar-refractivity contribution in [1.29, 1.82) is 0 Å². The molecule has 2 aromatic rings. The van der Waals surface area contributed by atoms with Crippen molar-refractivity contribution < 1.29 is 4.79 Å². The number of carbonyl (C=O) groups excluding carboxylic acids is 1. The van der Waals surface area contributed by atoms with E-state index in [2.05, 4.69) is 26.3 Å². The van der Waals surface area contributed by atoms with E-state index in [9.17, 15) is 4.79 Å². The van der Waals surface area contributed by atoms with Crippen LogP contribution in [0, 0.1) is 0 Å². The van der Waals surface area contributed by atoms with Crippen LogP contribution in [-0.4, -0.2) is 46.8 Å². The van der Waals surface area contributed by atoms with Crippen LogP contribution in [0.5, 0.6) is 0 Å². The Balaban J connectivity index is 1.75. The molecule has 0 aliphatic carbocycles. The third-order valence-electron chi connectivity index (χ3n) is 4.10. The zero-order valence-electron chi connectivity index (χ0n) is 12.5. The lowest BCUT2D eigenvalue weighted by molar-refractivity contribution is 0.0703. The van der Waals surface area contributed by atoms with Crippen molar-refractivity contribution in [3.63, 3.8) is 0 Å². The summed E-state index contributed by atoms with van der Waals surface area (Å²) in [6, 6.07) is 8.15. The number of aromatic nitrogens is 2. The number of hydrogen-bond donors (Lipinski definition) is 1. The van der Waals surface area contributed by atoms with Crippen LogP contribution in [0.2, 0.25) is 0 Å². The molecular formula is C16H19BrN4O. The number of amides is 1. The van der Waals surface area contributed by atoms with E-state index in [1.54, 1.807) is 17.1 Å². The number of halogens is 1. The van der Waals surface area contributed by atoms with Crippen LogP contribution in [0.15, 0.2) is 41.1 Å². The number of hydrogen-bond acceptors (Lipinski definition) is 3. The van der Waals surface area contributed by atoms with Gasteiger partial charge in [-0.15, -0.1) is 0 Å². The average molecular weight is 363 g/mol. The molecular weight excluding hydrogens is 344 g/mol. The number of benzene rings is 1. The van der Waals surface area contributed by atoms with E-state index in [1.807, 2.05) is 36.2 Å². The highest BCUT2D eigenvalue weighted by molar-refractivity contribution is 9.10. The van der Waals surface area contributed by atoms with Crippen molar-refractivity contribution in [3.05, 3.63) is 46.7 Å². The second kappa shape index (κ2) is 6.62. The van der Waals surface area contributed by atoms with Gasteiger partial charge in [-0.25, -0.2) is 4.68 Å². The summed E-state index contributed by atoms with van der Waals surface area (Å²) in [7, 11) is 1.88. The molecule has 1 N–H and O–H groups in total. The van der Waals surface area contributed by atoms with E-state index in [0.717, 1.165) is 36.1 Å². The molecule has 1 fully saturated rings. The Morgan fingerprint density at radius 1 is 1.32 bits per heavy atom. The quantitative estimate of drug-likeness (QED) is 0.912. The molecule has 0 saturated carbocycles. The Hall–Kier alpha value is -1.66. The Bertz CT molecular complexity index is 646. The maximum Gasteiger partial charge on any atom is 0.257 e. The van der Waals surface area contributed by atoms with Gasteiger partial charge < -0.3 is 10.2 Å². The van der Waals surface area contributed by atoms with Crippen LogP contribution in [0.3, 0.4) is 0 Å². The van der Waals surface area contributed by atoms with E-state index < -0.39 is 0 Å². The molecule has 3 rings (SSSR count). The lowest BCUT2D eigenvalue weighted by atomic mass is 10.0. The van der Waals surface area contributed by atoms with Gasteiger partial charge in [0.05, 0.1) is 17.4 Å². The molecule has 2 heterocycles. The summed E-state index contributed by atoms with van der Waals surface area (Å²) in [4.78, 5) is 14.4. The fraction of sp³-hybridized carbons (Fsp3) is 0.375. The van der Waals surface area contributed by atoms with Crippen molar-refractivity contribution in [2.45, 2.75) is 18.9 Å². The van der Waals surface area contributed by atoms with Crippen LogP contribution in [0.4, 0.5) is 0 Å². The highest BCUT2D eigenvalue weighted by Crippen LogP contribution is 2.16. The summed E-state index contributed by atoms with van der Waals surface area (Å²) in [5, 5.41) is 7.63. The fourth-order valence-corrected chi connectivity index (χ4v) is 3.00. The Kier molecular flexibility index (Phi) is 4.59. The highest BCUT2D eigenvalue weighted by atomic mass is 79.9. The zero-order chi connectivity index (χ0) is 15.5. The first-order valence-electron chi connectivity index (χ1n) is 7.43. The smallest absolute Gasteiger partial charge is 0.257 e. The van der Waals surface area contributed by atoms with Gasteiger partial charge in [0.1, 0.15) is 0 Å². The van der Waals surface area contributed by atoms with Gasteiger partial charge in [0.25, 0.3) is 5.91 Å². The molecule has 1 saturated heterocycles. The van der Waals surface area contributed by atoms with Crippen LogP contribution in [0.25, 0.3) is 5.69 Å². The van der Waals surface area contributed by atoms with E-state index in [0.29, 0.717) is 11.6 Å². The molecule has 6 heteroatoms. The van der Waals surface area contributed by atoms with E-state index in [1.165, 1.54) is 0 Å². The minimum atomic E-state index is 0.0373. The van der Waals surface area contributed by atoms with E-state index in [-0.39, 0.29) is 5.91 Å². The van der Waals surface area contributed by atoms with Crippen molar-refractivity contribution in [1.82, 2.24) is 20.0 Å². The maximum absolute atomic E-state index is 12.6. The Labute approximate surface area is 138 Å². The predicted molar refractivity (Wildman–Crippen MR) is 89.2 cm³/mol. The first-order chi connectivity index (χ1) is 10.6. The van der Waals surface area contributed by atoms with Gasteiger partial charge >= 0.3 is 0 Å². The van der Waals surface area contributed by atoms with Crippen molar-refractivity contribution in [2.75, 3.05) is 20.1 Å². The van der Waals surface area contributed by atoms with Gasteiger partial charge in [0.2, 0.25) is 0 Å². The number of nitrogens with zero attached hydrogens (tertiary/aromatic N) is 3. The lowest BCUT2D eigenvalue weighted by Crippen LogP contribution is -2.43. The van der Waals surface area contributed by atoms with Gasteiger partial charge in [0.15, 0.2) is 0 Å². The van der Waals surface area contributed by atoms with Crippen LogP contribution >= 0.6 is 15.9 Å². The SMILES string of the molecule is CN(C(=O)c1cnn(-c2ccc(Br)cc2)c1)C1CCNCC1. The third kappa shape index (κ3) is 3.23. The van der Waals surface area contributed by atoms with Gasteiger partial charge in [0, 0.05) is 23.8 Å². The number of piperidine rings is 1. The number of rotatable bonds is 3. The molecule has 5 nitrogen and oxygen atoms in total. The minimum absolute atomic E-state index is 0.0373. The van der Waals surface area contributed by atoms with Gasteiger partial charge in [-0.2, -0.15) is 5.10 Å². The molecule has 1 aromatic carbocycles. The maximum atomic E-state index is 12.6. The summed E-state index contributed by atoms with van der Waals surface area (Å²) in [6.07, 6.45) is 5.44. The molecule has 1 aromatic heterocycles. The Morgan fingerprint density at radius 3 is 2.68 bits per heavy atom. The summed E-state index contributed by atoms with van der Waals surface area (Å²) in [5.74, 6) is 0.0373. The molecule has 0 unspecified atom stereocenters. The third-order valence-corrected chi connectivity index (χ3v) is 4.63. The molecule has 1 aliphatic rings. The summed E-state index contributed by atoms with van der Waals surface area (Å²) < 4.78 is 2.75. The standard InChI is InChI=1S/C16H19BrN4O/c1-20(14-6-8-18-9-7-14)16(22)12-10-19-21(11-12)15-4-2-13(17)3-5-15/h2-5,10-11,14,18H,6-9H2,1H3. The molecule has 1 aliphatic heterocycles. The van der Waals surface area contributed by atoms with Crippen LogP contribution in [-0.2, 0) is 0 Å². The molecule has 0 atom stereocenters. The first-order valence-corrected chi connectivity index (χ1v) is 8.23. The van der Waals surface area contributed by atoms with Gasteiger partial charge in [-0.1, -0.05) is 15.9 Å². The summed E-state index contributed by atoms with van der Waals surface area (Å²) in [5.41, 5.74) is 1.57. The molecule has 116 valence electrons. The zero-order valence-corrected chi connectivity index (χ0v) is 14.1. The van der Waals surface area contributed by atoms with Crippen LogP contribution in [0.1, 0.15) is 23.2 Å². The highest BCUT2D eigenvalue weighted by Gasteiger charge is 2.23. The van der Waals surface area contributed by atoms with Crippen molar-refractivity contribution >= 4 is 21.8 Å². The summed E-state index contributed by atoms with van der Waals surface area (Å²) >= 11 is 3.41. The second-order valence-electron chi connectivity index (χ2n) is 5.55. The number of nitrogens with one attached hydrogen (secondary N) is 1. The van der Waals surface area contributed by atoms with E-state index >= 15 is 0 Å². The fourth-order valence-electron chi connectivity index (χ4n) is 2.73. The molecule has 0 bridgehead atoms. The van der Waals surface area contributed by atoms with Crippen molar-refractivity contribution in [2.24, 2.45) is 0 Å². The molecule has 0 radical (unpaired) electrons. The normalized spacial score (nSPS) is 15.7. The molecule has 22 heavy (non-hydrogen) atoms. The van der Waals surface area contributed by atoms with Crippen LogP contribution < -0.4 is 5.32 Å². The van der Waals surface area contributed by atoms with Gasteiger partial charge in [-0.3, -0.25) is 4.79 Å². The van der Waals surface area contributed by atoms with E-state index in [4.69, 9.17) is 0 Å². The largest absolute Gasteiger partial charge is 0.339 e. The summed E-state index contributed by atoms with van der Waals surface area (Å²) in [6.45, 7) is 1.95. The molecule has 0 spiro atoms. The minimum Gasteiger partial charge on any atom is -0.339 e. The second-order valence-corrected chi connectivity index (χ2v) is 6.46. The lowest BCUT2D eigenvalue weighted by Gasteiger charge is -2.31. The first kappa shape index (κ1) is 15.2. The topological polar surface area (TPSA) is 50.2 Å². The van der Waals surface area contributed by atoms with Gasteiger partial charge in [-0.05, 0) is 50.2 Å².